The van der Waals surface area contributed by atoms with Gasteiger partial charge in [-0.1, -0.05) is 41.6 Å². The number of hydrogen-bond donors (Lipinski definition) is 0. The Kier molecular flexibility index (Phi) is 4.93. The van der Waals surface area contributed by atoms with Crippen molar-refractivity contribution in [3.63, 3.8) is 0 Å². The normalized spacial score (nSPS) is 21.6. The Morgan fingerprint density at radius 3 is 2.70 bits per heavy atom. The largest absolute Gasteiger partial charge is 0.451 e. The molecule has 0 aromatic heterocycles. The van der Waals surface area contributed by atoms with Crippen molar-refractivity contribution in [1.82, 2.24) is 0 Å². The molecule has 0 bridgehead atoms. The molecule has 0 N–H and O–H groups in total. The molecule has 1 amide bonds. The number of carbonyl (C=O) groups is 2. The molecule has 2 unspecified atom stereocenters. The molecule has 2 aromatic carbocycles. The second-order valence-electron chi connectivity index (χ2n) is 6.46. The van der Waals surface area contributed by atoms with Crippen LogP contribution in [-0.2, 0) is 14.3 Å². The highest BCUT2D eigenvalue weighted by Gasteiger charge is 2.37. The lowest BCUT2D eigenvalue weighted by molar-refractivity contribution is -0.142. The van der Waals surface area contributed by atoms with Crippen LogP contribution in [0.3, 0.4) is 0 Å². The van der Waals surface area contributed by atoms with Crippen LogP contribution in [0.15, 0.2) is 58.5 Å². The highest BCUT2D eigenvalue weighted by atomic mass is 35.5. The van der Waals surface area contributed by atoms with E-state index in [4.69, 9.17) is 21.4 Å². The molecule has 7 heteroatoms. The molecule has 2 heterocycles. The van der Waals surface area contributed by atoms with E-state index in [0.29, 0.717) is 23.6 Å². The maximum absolute atomic E-state index is 12.8. The summed E-state index contributed by atoms with van der Waals surface area (Å²) in [6.07, 6.45) is 0.867. The highest BCUT2D eigenvalue weighted by Crippen LogP contribution is 2.40. The van der Waals surface area contributed by atoms with Crippen LogP contribution in [0.1, 0.15) is 25.3 Å². The second-order valence-corrected chi connectivity index (χ2v) is 8.09. The van der Waals surface area contributed by atoms with E-state index in [0.717, 1.165) is 16.2 Å². The Morgan fingerprint density at radius 2 is 1.96 bits per heavy atom. The number of hydrazone groups is 1. The zero-order chi connectivity index (χ0) is 19.0. The summed E-state index contributed by atoms with van der Waals surface area (Å²) in [6, 6.07) is 14.9. The third-order valence-electron chi connectivity index (χ3n) is 4.52. The van der Waals surface area contributed by atoms with Gasteiger partial charge >= 0.3 is 5.97 Å². The topological polar surface area (TPSA) is 59.0 Å². The number of hydrogen-bond acceptors (Lipinski definition) is 5. The molecule has 2 aliphatic rings. The fourth-order valence-electron chi connectivity index (χ4n) is 3.35. The summed E-state index contributed by atoms with van der Waals surface area (Å²) >= 11 is 7.46. The molecule has 0 aliphatic carbocycles. The SMILES string of the molecule is CC(=O)OC1CC2CC(=O)N(c3ccc(Cl)cc3)N=C2c2ccccc2S1. The van der Waals surface area contributed by atoms with Crippen molar-refractivity contribution in [2.75, 3.05) is 5.01 Å². The average Bonchev–Trinajstić information content (AvgIpc) is 2.77. The van der Waals surface area contributed by atoms with Crippen molar-refractivity contribution in [3.8, 4) is 0 Å². The Morgan fingerprint density at radius 1 is 1.22 bits per heavy atom. The number of fused-ring (bicyclic) bond motifs is 3. The fourth-order valence-corrected chi connectivity index (χ4v) is 4.73. The first kappa shape index (κ1) is 18.1. The second kappa shape index (κ2) is 7.37. The first-order chi connectivity index (χ1) is 13.0. The lowest BCUT2D eigenvalue weighted by Gasteiger charge is -2.29. The van der Waals surface area contributed by atoms with Crippen LogP contribution >= 0.6 is 23.4 Å². The number of rotatable bonds is 2. The minimum Gasteiger partial charge on any atom is -0.451 e. The average molecular weight is 401 g/mol. The third-order valence-corrected chi connectivity index (χ3v) is 5.93. The van der Waals surface area contributed by atoms with Crippen LogP contribution < -0.4 is 5.01 Å². The van der Waals surface area contributed by atoms with Gasteiger partial charge in [0.2, 0.25) is 5.91 Å². The van der Waals surface area contributed by atoms with Gasteiger partial charge in [-0.05, 0) is 30.3 Å². The molecule has 0 fully saturated rings. The van der Waals surface area contributed by atoms with Crippen molar-refractivity contribution in [1.29, 1.82) is 0 Å². The summed E-state index contributed by atoms with van der Waals surface area (Å²) < 4.78 is 5.47. The summed E-state index contributed by atoms with van der Waals surface area (Å²) in [4.78, 5) is 25.2. The van der Waals surface area contributed by atoms with Gasteiger partial charge in [-0.3, -0.25) is 9.59 Å². The van der Waals surface area contributed by atoms with Crippen molar-refractivity contribution in [2.45, 2.75) is 30.1 Å². The van der Waals surface area contributed by atoms with Gasteiger partial charge in [0.1, 0.15) is 0 Å². The van der Waals surface area contributed by atoms with Crippen molar-refractivity contribution in [2.24, 2.45) is 11.0 Å². The molecular formula is C20H17ClN2O3S. The van der Waals surface area contributed by atoms with Gasteiger partial charge in [-0.25, -0.2) is 5.01 Å². The number of ether oxygens (including phenoxy) is 1. The van der Waals surface area contributed by atoms with Crippen LogP contribution in [-0.4, -0.2) is 23.0 Å². The first-order valence-electron chi connectivity index (χ1n) is 8.61. The maximum atomic E-state index is 12.8. The van der Waals surface area contributed by atoms with Gasteiger partial charge in [0.05, 0.1) is 11.4 Å². The van der Waals surface area contributed by atoms with Crippen molar-refractivity contribution in [3.05, 3.63) is 59.1 Å². The monoisotopic (exact) mass is 400 g/mol. The minimum absolute atomic E-state index is 0.0861. The van der Waals surface area contributed by atoms with Gasteiger partial charge in [0, 0.05) is 41.2 Å². The number of benzene rings is 2. The van der Waals surface area contributed by atoms with E-state index in [1.54, 1.807) is 24.3 Å². The molecule has 2 atom stereocenters. The zero-order valence-corrected chi connectivity index (χ0v) is 16.2. The lowest BCUT2D eigenvalue weighted by atomic mass is 9.89. The van der Waals surface area contributed by atoms with E-state index in [1.807, 2.05) is 24.3 Å². The van der Waals surface area contributed by atoms with Gasteiger partial charge < -0.3 is 4.74 Å². The third kappa shape index (κ3) is 3.73. The molecule has 2 aromatic rings. The number of thioether (sulfide) groups is 1. The lowest BCUT2D eigenvalue weighted by Crippen LogP contribution is -2.38. The smallest absolute Gasteiger partial charge is 0.303 e. The molecule has 138 valence electrons. The molecular weight excluding hydrogens is 384 g/mol. The number of halogens is 1. The van der Waals surface area contributed by atoms with Gasteiger partial charge in [0.15, 0.2) is 5.44 Å². The predicted molar refractivity (Wildman–Crippen MR) is 106 cm³/mol. The van der Waals surface area contributed by atoms with Gasteiger partial charge in [-0.2, -0.15) is 5.10 Å². The van der Waals surface area contributed by atoms with Crippen LogP contribution in [0.4, 0.5) is 5.69 Å². The first-order valence-corrected chi connectivity index (χ1v) is 9.87. The Bertz CT molecular complexity index is 929. The molecule has 0 radical (unpaired) electrons. The summed E-state index contributed by atoms with van der Waals surface area (Å²) in [5, 5.41) is 6.75. The minimum atomic E-state index is -0.337. The van der Waals surface area contributed by atoms with E-state index in [9.17, 15) is 9.59 Å². The molecule has 2 aliphatic heterocycles. The molecule has 0 saturated heterocycles. The number of nitrogens with zero attached hydrogens (tertiary/aromatic N) is 2. The number of carbonyl (C=O) groups excluding carboxylic acids is 2. The predicted octanol–water partition coefficient (Wildman–Crippen LogP) is 4.48. The molecule has 27 heavy (non-hydrogen) atoms. The zero-order valence-electron chi connectivity index (χ0n) is 14.6. The van der Waals surface area contributed by atoms with Crippen molar-refractivity contribution >= 4 is 46.6 Å². The quantitative estimate of drug-likeness (QED) is 0.697. The standard InChI is InChI=1S/C20H17ClN2O3S/c1-12(24)26-19-11-13-10-18(25)23(15-8-6-14(21)7-9-15)22-20(13)16-4-2-3-5-17(16)27-19/h2-9,13,19H,10-11H2,1H3. The van der Waals surface area contributed by atoms with Crippen LogP contribution in [0.2, 0.25) is 5.02 Å². The molecule has 0 spiro atoms. The van der Waals surface area contributed by atoms with Crippen molar-refractivity contribution < 1.29 is 14.3 Å². The summed E-state index contributed by atoms with van der Waals surface area (Å²) in [5.74, 6) is -0.506. The molecule has 4 rings (SSSR count). The summed E-state index contributed by atoms with van der Waals surface area (Å²) in [5.41, 5.74) is 2.17. The number of anilines is 1. The van der Waals surface area contributed by atoms with E-state index in [-0.39, 0.29) is 23.2 Å². The summed E-state index contributed by atoms with van der Waals surface area (Å²) in [7, 11) is 0. The van der Waals surface area contributed by atoms with E-state index < -0.39 is 0 Å². The highest BCUT2D eigenvalue weighted by molar-refractivity contribution is 7.99. The van der Waals surface area contributed by atoms with Gasteiger partial charge in [0.25, 0.3) is 0 Å². The Hall–Kier alpha value is -2.31. The van der Waals surface area contributed by atoms with E-state index in [2.05, 4.69) is 0 Å². The Labute approximate surface area is 166 Å². The summed E-state index contributed by atoms with van der Waals surface area (Å²) in [6.45, 7) is 1.40. The Balaban J connectivity index is 1.77. The molecule has 0 saturated carbocycles. The van der Waals surface area contributed by atoms with Gasteiger partial charge in [-0.15, -0.1) is 0 Å². The number of esters is 1. The van der Waals surface area contributed by atoms with E-state index in [1.165, 1.54) is 23.7 Å². The molecule has 5 nitrogen and oxygen atoms in total. The van der Waals surface area contributed by atoms with Crippen LogP contribution in [0, 0.1) is 5.92 Å². The number of amides is 1. The van der Waals surface area contributed by atoms with Crippen LogP contribution in [0.5, 0.6) is 0 Å². The maximum Gasteiger partial charge on any atom is 0.303 e. The van der Waals surface area contributed by atoms with E-state index >= 15 is 0 Å². The fraction of sp³-hybridized carbons (Fsp3) is 0.250. The van der Waals surface area contributed by atoms with Crippen LogP contribution in [0.25, 0.3) is 0 Å².